The number of rotatable bonds is 7. The molecule has 1 saturated heterocycles. The highest BCUT2D eigenvalue weighted by atomic mass is 16.2. The molecule has 1 aliphatic heterocycles. The van der Waals surface area contributed by atoms with E-state index >= 15 is 0 Å². The van der Waals surface area contributed by atoms with Gasteiger partial charge < -0.3 is 10.6 Å². The van der Waals surface area contributed by atoms with Crippen LogP contribution in [0.3, 0.4) is 0 Å². The first-order valence-corrected chi connectivity index (χ1v) is 8.23. The summed E-state index contributed by atoms with van der Waals surface area (Å²) in [4.78, 5) is 12.4. The van der Waals surface area contributed by atoms with Crippen LogP contribution in [0.25, 0.3) is 0 Å². The molecule has 2 aliphatic rings. The summed E-state index contributed by atoms with van der Waals surface area (Å²) in [5.74, 6) is 0.659. The monoisotopic (exact) mass is 266 g/mol. The number of unbranched alkanes of at least 4 members (excludes halogenated alkanes) is 1. The molecular formula is C16H30N2O. The van der Waals surface area contributed by atoms with Gasteiger partial charge in [0.05, 0.1) is 0 Å². The van der Waals surface area contributed by atoms with E-state index in [1.807, 2.05) is 0 Å². The van der Waals surface area contributed by atoms with Crippen molar-refractivity contribution in [2.45, 2.75) is 71.3 Å². The Morgan fingerprint density at radius 2 is 2.00 bits per heavy atom. The number of carbonyl (C=O) groups is 1. The Balaban J connectivity index is 1.79. The van der Waals surface area contributed by atoms with E-state index in [1.54, 1.807) is 0 Å². The molecule has 3 heteroatoms. The van der Waals surface area contributed by atoms with Crippen LogP contribution in [0, 0.1) is 11.3 Å². The van der Waals surface area contributed by atoms with Crippen LogP contribution in [-0.4, -0.2) is 25.0 Å². The van der Waals surface area contributed by atoms with Gasteiger partial charge in [-0.3, -0.25) is 4.79 Å². The van der Waals surface area contributed by atoms with Crippen LogP contribution in [0.2, 0.25) is 0 Å². The Morgan fingerprint density at radius 1 is 1.26 bits per heavy atom. The van der Waals surface area contributed by atoms with Crippen molar-refractivity contribution in [3.05, 3.63) is 0 Å². The fourth-order valence-corrected chi connectivity index (χ4v) is 3.59. The van der Waals surface area contributed by atoms with E-state index in [0.29, 0.717) is 23.3 Å². The third-order valence-corrected chi connectivity index (χ3v) is 5.00. The van der Waals surface area contributed by atoms with Gasteiger partial charge in [-0.25, -0.2) is 0 Å². The second-order valence-corrected chi connectivity index (χ2v) is 6.51. The minimum atomic E-state index is 0.315. The van der Waals surface area contributed by atoms with Gasteiger partial charge in [-0.1, -0.05) is 33.1 Å². The van der Waals surface area contributed by atoms with Crippen molar-refractivity contribution < 1.29 is 4.79 Å². The third-order valence-electron chi connectivity index (χ3n) is 5.00. The van der Waals surface area contributed by atoms with Crippen LogP contribution in [0.5, 0.6) is 0 Å². The topological polar surface area (TPSA) is 41.1 Å². The zero-order chi connectivity index (χ0) is 13.7. The maximum Gasteiger partial charge on any atom is 0.223 e. The van der Waals surface area contributed by atoms with Crippen molar-refractivity contribution in [2.75, 3.05) is 13.1 Å². The van der Waals surface area contributed by atoms with Gasteiger partial charge in [0.15, 0.2) is 0 Å². The molecule has 3 nitrogen and oxygen atoms in total. The second-order valence-electron chi connectivity index (χ2n) is 6.51. The molecule has 1 spiro atoms. The highest BCUT2D eigenvalue weighted by Gasteiger charge is 2.57. The van der Waals surface area contributed by atoms with Crippen molar-refractivity contribution in [1.29, 1.82) is 0 Å². The van der Waals surface area contributed by atoms with Crippen LogP contribution in [0.15, 0.2) is 0 Å². The predicted molar refractivity (Wildman–Crippen MR) is 79.0 cm³/mol. The van der Waals surface area contributed by atoms with Gasteiger partial charge >= 0.3 is 0 Å². The van der Waals surface area contributed by atoms with Gasteiger partial charge in [-0.2, -0.15) is 0 Å². The van der Waals surface area contributed by atoms with E-state index < -0.39 is 0 Å². The van der Waals surface area contributed by atoms with Crippen molar-refractivity contribution in [3.8, 4) is 0 Å². The maximum absolute atomic E-state index is 12.4. The molecule has 2 unspecified atom stereocenters. The first kappa shape index (κ1) is 14.8. The summed E-state index contributed by atoms with van der Waals surface area (Å²) < 4.78 is 0. The molecule has 1 saturated carbocycles. The molecule has 2 fully saturated rings. The molecule has 0 aromatic carbocycles. The van der Waals surface area contributed by atoms with E-state index in [-0.39, 0.29) is 0 Å². The number of nitrogens with one attached hydrogen (secondary N) is 2. The Labute approximate surface area is 117 Å². The molecule has 2 N–H and O–H groups in total. The zero-order valence-corrected chi connectivity index (χ0v) is 12.6. The largest absolute Gasteiger partial charge is 0.353 e. The number of piperidine rings is 1. The quantitative estimate of drug-likeness (QED) is 0.744. The normalized spacial score (nSPS) is 26.1. The van der Waals surface area contributed by atoms with Gasteiger partial charge in [0.1, 0.15) is 0 Å². The van der Waals surface area contributed by atoms with Crippen molar-refractivity contribution in [1.82, 2.24) is 10.6 Å². The summed E-state index contributed by atoms with van der Waals surface area (Å²) in [6.45, 7) is 6.61. The second kappa shape index (κ2) is 6.74. The van der Waals surface area contributed by atoms with Crippen LogP contribution >= 0.6 is 0 Å². The van der Waals surface area contributed by atoms with E-state index in [0.717, 1.165) is 38.8 Å². The molecule has 110 valence electrons. The fourth-order valence-electron chi connectivity index (χ4n) is 3.59. The van der Waals surface area contributed by atoms with E-state index in [1.165, 1.54) is 25.7 Å². The highest BCUT2D eigenvalue weighted by molar-refractivity contribution is 5.82. The number of amides is 1. The summed E-state index contributed by atoms with van der Waals surface area (Å²) in [6.07, 6.45) is 9.41. The molecule has 2 atom stereocenters. The molecule has 0 bridgehead atoms. The van der Waals surface area contributed by atoms with Crippen LogP contribution in [-0.2, 0) is 4.79 Å². The van der Waals surface area contributed by atoms with Crippen molar-refractivity contribution in [3.63, 3.8) is 0 Å². The van der Waals surface area contributed by atoms with Crippen molar-refractivity contribution in [2.24, 2.45) is 11.3 Å². The summed E-state index contributed by atoms with van der Waals surface area (Å²) in [7, 11) is 0. The molecule has 19 heavy (non-hydrogen) atoms. The predicted octanol–water partition coefficient (Wildman–Crippen LogP) is 2.85. The minimum absolute atomic E-state index is 0.315. The smallest absolute Gasteiger partial charge is 0.223 e. The number of hydrogen-bond acceptors (Lipinski definition) is 2. The lowest BCUT2D eigenvalue weighted by Crippen LogP contribution is -2.38. The molecule has 0 aromatic rings. The summed E-state index contributed by atoms with van der Waals surface area (Å²) in [5.41, 5.74) is 0.372. The van der Waals surface area contributed by atoms with Crippen LogP contribution < -0.4 is 10.6 Å². The summed E-state index contributed by atoms with van der Waals surface area (Å²) >= 11 is 0. The molecule has 1 amide bonds. The zero-order valence-electron chi connectivity index (χ0n) is 12.6. The molecule has 1 aliphatic carbocycles. The van der Waals surface area contributed by atoms with E-state index in [9.17, 15) is 4.79 Å². The number of carbonyl (C=O) groups excluding carboxylic acids is 1. The van der Waals surface area contributed by atoms with Gasteiger partial charge in [-0.05, 0) is 50.6 Å². The number of hydrogen-bond donors (Lipinski definition) is 2. The van der Waals surface area contributed by atoms with Crippen LogP contribution in [0.4, 0.5) is 0 Å². The van der Waals surface area contributed by atoms with E-state index in [4.69, 9.17) is 0 Å². The molecular weight excluding hydrogens is 236 g/mol. The maximum atomic E-state index is 12.4. The molecule has 0 aromatic heterocycles. The SMILES string of the molecule is CCCCC(CCC)NC(=O)C1CC12CCNCC2. The van der Waals surface area contributed by atoms with Crippen molar-refractivity contribution >= 4 is 5.91 Å². The van der Waals surface area contributed by atoms with E-state index in [2.05, 4.69) is 24.5 Å². The fraction of sp³-hybridized carbons (Fsp3) is 0.938. The lowest BCUT2D eigenvalue weighted by molar-refractivity contribution is -0.124. The van der Waals surface area contributed by atoms with Crippen LogP contribution in [0.1, 0.15) is 65.2 Å². The average Bonchev–Trinajstić information content (AvgIpc) is 3.10. The molecule has 1 heterocycles. The third kappa shape index (κ3) is 3.71. The lowest BCUT2D eigenvalue weighted by Gasteiger charge is -2.24. The van der Waals surface area contributed by atoms with Gasteiger partial charge in [0.2, 0.25) is 5.91 Å². The molecule has 0 radical (unpaired) electrons. The first-order valence-electron chi connectivity index (χ1n) is 8.23. The Hall–Kier alpha value is -0.570. The van der Waals surface area contributed by atoms with Gasteiger partial charge in [0.25, 0.3) is 0 Å². The van der Waals surface area contributed by atoms with Gasteiger partial charge in [-0.15, -0.1) is 0 Å². The Kier molecular flexibility index (Phi) is 5.26. The average molecular weight is 266 g/mol. The Morgan fingerprint density at radius 3 is 2.63 bits per heavy atom. The van der Waals surface area contributed by atoms with Gasteiger partial charge in [0, 0.05) is 12.0 Å². The molecule has 2 rings (SSSR count). The minimum Gasteiger partial charge on any atom is -0.353 e. The summed E-state index contributed by atoms with van der Waals surface area (Å²) in [5, 5.41) is 6.72. The lowest BCUT2D eigenvalue weighted by atomic mass is 9.91. The standard InChI is InChI=1S/C16H30N2O/c1-3-5-7-13(6-4-2)18-15(19)14-12-16(14)8-10-17-11-9-16/h13-14,17H,3-12H2,1-2H3,(H,18,19). The highest BCUT2D eigenvalue weighted by Crippen LogP contribution is 2.58. The summed E-state index contributed by atoms with van der Waals surface area (Å²) in [6, 6.07) is 0.414. The first-order chi connectivity index (χ1) is 9.22. The Bertz CT molecular complexity index is 297.